The van der Waals surface area contributed by atoms with Crippen LogP contribution in [0.3, 0.4) is 0 Å². The molecule has 0 saturated carbocycles. The van der Waals surface area contributed by atoms with E-state index in [9.17, 15) is 4.79 Å². The zero-order valence-corrected chi connectivity index (χ0v) is 17.8. The first-order valence-electron chi connectivity index (χ1n) is 9.29. The number of aryl methyl sites for hydroxylation is 2. The van der Waals surface area contributed by atoms with Gasteiger partial charge in [-0.3, -0.25) is 9.48 Å². The van der Waals surface area contributed by atoms with E-state index in [4.69, 9.17) is 0 Å². The van der Waals surface area contributed by atoms with Crippen molar-refractivity contribution in [3.05, 3.63) is 94.6 Å². The van der Waals surface area contributed by atoms with Gasteiger partial charge in [0.25, 0.3) is 5.91 Å². The van der Waals surface area contributed by atoms with Crippen LogP contribution in [0.25, 0.3) is 22.3 Å². The second-order valence-electron chi connectivity index (χ2n) is 6.84. The van der Waals surface area contributed by atoms with E-state index in [-0.39, 0.29) is 5.91 Å². The van der Waals surface area contributed by atoms with Gasteiger partial charge in [-0.2, -0.15) is 5.10 Å². The van der Waals surface area contributed by atoms with Gasteiger partial charge in [0.1, 0.15) is 5.82 Å². The molecule has 0 atom stereocenters. The number of benzene rings is 3. The third kappa shape index (κ3) is 4.00. The van der Waals surface area contributed by atoms with Crippen LogP contribution in [0.1, 0.15) is 16.1 Å². The van der Waals surface area contributed by atoms with Gasteiger partial charge in [-0.25, -0.2) is 0 Å². The molecule has 0 saturated heterocycles. The molecule has 1 amide bonds. The summed E-state index contributed by atoms with van der Waals surface area (Å²) in [5.74, 6) is 0.521. The van der Waals surface area contributed by atoms with E-state index < -0.39 is 0 Å². The van der Waals surface area contributed by atoms with Gasteiger partial charge in [-0.05, 0) is 47.9 Å². The molecule has 4 nitrogen and oxygen atoms in total. The lowest BCUT2D eigenvalue weighted by Crippen LogP contribution is -2.15. The summed E-state index contributed by atoms with van der Waals surface area (Å²) in [7, 11) is 1.84. The predicted molar refractivity (Wildman–Crippen MR) is 121 cm³/mol. The van der Waals surface area contributed by atoms with Crippen molar-refractivity contribution >= 4 is 27.7 Å². The van der Waals surface area contributed by atoms with E-state index in [1.165, 1.54) is 0 Å². The van der Waals surface area contributed by atoms with Gasteiger partial charge in [0, 0.05) is 22.6 Å². The first kappa shape index (κ1) is 19.2. The zero-order valence-electron chi connectivity index (χ0n) is 16.2. The Morgan fingerprint density at radius 2 is 1.45 bits per heavy atom. The third-order valence-electron chi connectivity index (χ3n) is 4.84. The van der Waals surface area contributed by atoms with Crippen molar-refractivity contribution in [2.24, 2.45) is 7.05 Å². The maximum atomic E-state index is 12.9. The molecule has 4 rings (SSSR count). The van der Waals surface area contributed by atoms with Crippen molar-refractivity contribution in [3.63, 3.8) is 0 Å². The van der Waals surface area contributed by atoms with Crippen LogP contribution in [0, 0.1) is 6.92 Å². The lowest BCUT2D eigenvalue weighted by molar-refractivity contribution is 0.102. The number of anilines is 1. The van der Waals surface area contributed by atoms with Gasteiger partial charge >= 0.3 is 0 Å². The maximum Gasteiger partial charge on any atom is 0.256 e. The minimum atomic E-state index is -0.161. The number of nitrogens with zero attached hydrogens (tertiary/aromatic N) is 2. The number of rotatable bonds is 4. The van der Waals surface area contributed by atoms with E-state index in [1.54, 1.807) is 4.68 Å². The highest BCUT2D eigenvalue weighted by atomic mass is 79.9. The fourth-order valence-corrected chi connectivity index (χ4v) is 3.65. The van der Waals surface area contributed by atoms with E-state index in [1.807, 2.05) is 80.7 Å². The number of hydrogen-bond acceptors (Lipinski definition) is 2. The van der Waals surface area contributed by atoms with Crippen LogP contribution >= 0.6 is 15.9 Å². The molecule has 144 valence electrons. The Balaban J connectivity index is 1.61. The highest BCUT2D eigenvalue weighted by Crippen LogP contribution is 2.32. The number of hydrogen-bond donors (Lipinski definition) is 1. The fraction of sp³-hybridized carbons (Fsp3) is 0.0833. The van der Waals surface area contributed by atoms with Gasteiger partial charge < -0.3 is 5.32 Å². The van der Waals surface area contributed by atoms with Crippen LogP contribution in [-0.4, -0.2) is 15.7 Å². The van der Waals surface area contributed by atoms with Crippen molar-refractivity contribution in [2.75, 3.05) is 5.32 Å². The van der Waals surface area contributed by atoms with E-state index in [2.05, 4.69) is 38.5 Å². The Kier molecular flexibility index (Phi) is 5.32. The Morgan fingerprint density at radius 1 is 0.862 bits per heavy atom. The van der Waals surface area contributed by atoms with E-state index >= 15 is 0 Å². The molecule has 0 fully saturated rings. The lowest BCUT2D eigenvalue weighted by Gasteiger charge is -2.10. The molecular weight excluding hydrogens is 426 g/mol. The molecule has 1 aromatic heterocycles. The summed E-state index contributed by atoms with van der Waals surface area (Å²) in [5, 5.41) is 7.54. The number of nitrogens with one attached hydrogen (secondary N) is 1. The monoisotopic (exact) mass is 445 g/mol. The summed E-state index contributed by atoms with van der Waals surface area (Å²) in [6.07, 6.45) is 0. The highest BCUT2D eigenvalue weighted by Gasteiger charge is 2.18. The van der Waals surface area contributed by atoms with Crippen LogP contribution in [0.5, 0.6) is 0 Å². The molecule has 3 aromatic carbocycles. The van der Waals surface area contributed by atoms with Crippen LogP contribution in [0.15, 0.2) is 83.3 Å². The molecule has 0 aliphatic heterocycles. The van der Waals surface area contributed by atoms with Crippen LogP contribution < -0.4 is 5.32 Å². The topological polar surface area (TPSA) is 46.9 Å². The van der Waals surface area contributed by atoms with E-state index in [0.29, 0.717) is 11.4 Å². The quantitative estimate of drug-likeness (QED) is 0.413. The summed E-state index contributed by atoms with van der Waals surface area (Å²) in [6.45, 7) is 1.95. The first-order chi connectivity index (χ1) is 14.0. The molecule has 29 heavy (non-hydrogen) atoms. The third-order valence-corrected chi connectivity index (χ3v) is 5.37. The number of aromatic nitrogens is 2. The molecule has 0 aliphatic rings. The van der Waals surface area contributed by atoms with Gasteiger partial charge in [0.05, 0.1) is 5.69 Å². The normalized spacial score (nSPS) is 10.7. The number of carbonyl (C=O) groups excluding carboxylic acids is 1. The van der Waals surface area contributed by atoms with Gasteiger partial charge in [0.2, 0.25) is 0 Å². The van der Waals surface area contributed by atoms with Gasteiger partial charge in [-0.15, -0.1) is 0 Å². The Hall–Kier alpha value is -3.18. The molecule has 0 unspecified atom stereocenters. The van der Waals surface area contributed by atoms with E-state index in [0.717, 1.165) is 32.4 Å². The molecule has 1 heterocycles. The molecule has 0 spiro atoms. The molecule has 0 aliphatic carbocycles. The van der Waals surface area contributed by atoms with Crippen LogP contribution in [-0.2, 0) is 7.05 Å². The van der Waals surface area contributed by atoms with Gasteiger partial charge in [-0.1, -0.05) is 70.5 Å². The van der Waals surface area contributed by atoms with Crippen molar-refractivity contribution in [1.82, 2.24) is 9.78 Å². The molecule has 0 bridgehead atoms. The van der Waals surface area contributed by atoms with Crippen molar-refractivity contribution in [1.29, 1.82) is 0 Å². The minimum absolute atomic E-state index is 0.161. The van der Waals surface area contributed by atoms with Gasteiger partial charge in [0.15, 0.2) is 0 Å². The number of amides is 1. The average Bonchev–Trinajstić information content (AvgIpc) is 3.02. The summed E-state index contributed by atoms with van der Waals surface area (Å²) in [4.78, 5) is 12.9. The number of halogens is 1. The highest BCUT2D eigenvalue weighted by molar-refractivity contribution is 9.10. The predicted octanol–water partition coefficient (Wildman–Crippen LogP) is 6.08. The number of carbonyl (C=O) groups is 1. The SMILES string of the molecule is Cc1nn(C)c(NC(=O)c2ccc(-c3ccccc3)cc2)c1-c1ccc(Br)cc1. The molecule has 1 N–H and O–H groups in total. The Morgan fingerprint density at radius 3 is 2.10 bits per heavy atom. The average molecular weight is 446 g/mol. The maximum absolute atomic E-state index is 12.9. The minimum Gasteiger partial charge on any atom is -0.306 e. The first-order valence-corrected chi connectivity index (χ1v) is 10.1. The molecular formula is C24H20BrN3O. The summed E-state index contributed by atoms with van der Waals surface area (Å²) < 4.78 is 2.72. The largest absolute Gasteiger partial charge is 0.306 e. The fourth-order valence-electron chi connectivity index (χ4n) is 3.39. The second-order valence-corrected chi connectivity index (χ2v) is 7.75. The molecule has 0 radical (unpaired) electrons. The standard InChI is InChI=1S/C24H20BrN3O/c1-16-22(19-12-14-21(25)15-13-19)23(28(2)27-16)26-24(29)20-10-8-18(9-11-20)17-6-4-3-5-7-17/h3-15H,1-2H3,(H,26,29). The smallest absolute Gasteiger partial charge is 0.256 e. The summed E-state index contributed by atoms with van der Waals surface area (Å²) >= 11 is 3.46. The van der Waals surface area contributed by atoms with Crippen molar-refractivity contribution in [2.45, 2.75) is 6.92 Å². The lowest BCUT2D eigenvalue weighted by atomic mass is 10.0. The van der Waals surface area contributed by atoms with Crippen LogP contribution in [0.2, 0.25) is 0 Å². The Labute approximate surface area is 178 Å². The zero-order chi connectivity index (χ0) is 20.4. The van der Waals surface area contributed by atoms with Crippen molar-refractivity contribution in [3.8, 4) is 22.3 Å². The Bertz CT molecular complexity index is 1150. The summed E-state index contributed by atoms with van der Waals surface area (Å²) in [5.41, 5.74) is 5.60. The second kappa shape index (κ2) is 8.05. The van der Waals surface area contributed by atoms with Crippen molar-refractivity contribution < 1.29 is 4.79 Å². The molecule has 5 heteroatoms. The van der Waals surface area contributed by atoms with Crippen LogP contribution in [0.4, 0.5) is 5.82 Å². The molecule has 4 aromatic rings. The summed E-state index contributed by atoms with van der Waals surface area (Å²) in [6, 6.07) is 25.7.